The van der Waals surface area contributed by atoms with Crippen molar-refractivity contribution < 1.29 is 38.1 Å². The molecule has 0 saturated carbocycles. The highest BCUT2D eigenvalue weighted by molar-refractivity contribution is 9.10. The lowest BCUT2D eigenvalue weighted by Gasteiger charge is -2.13. The van der Waals surface area contributed by atoms with E-state index in [1.165, 1.54) is 13.2 Å². The number of esters is 2. The first-order chi connectivity index (χ1) is 13.8. The molecular formula is C18H19BrN2O8. The molecule has 2 rings (SSSR count). The number of halogens is 1. The van der Waals surface area contributed by atoms with Gasteiger partial charge < -0.3 is 24.3 Å². The average molecular weight is 471 g/mol. The van der Waals surface area contributed by atoms with Crippen molar-refractivity contribution >= 4 is 45.9 Å². The largest absolute Gasteiger partial charge is 0.493 e. The predicted octanol–water partition coefficient (Wildman–Crippen LogP) is 1.47. The number of urea groups is 1. The van der Waals surface area contributed by atoms with Crippen molar-refractivity contribution in [2.24, 2.45) is 0 Å². The smallest absolute Gasteiger partial charge is 0.344 e. The third-order valence-electron chi connectivity index (χ3n) is 3.68. The molecule has 1 aliphatic rings. The number of nitrogens with one attached hydrogen (secondary N) is 1. The van der Waals surface area contributed by atoms with E-state index < -0.39 is 30.4 Å². The topological polar surface area (TPSA) is 120 Å². The number of amides is 3. The molecule has 1 aromatic rings. The van der Waals surface area contributed by atoms with E-state index in [1.54, 1.807) is 19.1 Å². The molecular weight excluding hydrogens is 452 g/mol. The van der Waals surface area contributed by atoms with Crippen LogP contribution in [-0.4, -0.2) is 62.8 Å². The summed E-state index contributed by atoms with van der Waals surface area (Å²) in [7, 11) is 2.57. The van der Waals surface area contributed by atoms with Crippen LogP contribution in [0, 0.1) is 0 Å². The lowest BCUT2D eigenvalue weighted by molar-refractivity contribution is -0.145. The average Bonchev–Trinajstić information content (AvgIpc) is 2.94. The van der Waals surface area contributed by atoms with E-state index in [-0.39, 0.29) is 24.7 Å². The predicted molar refractivity (Wildman–Crippen MR) is 103 cm³/mol. The lowest BCUT2D eigenvalue weighted by atomic mass is 10.1. The molecule has 156 valence electrons. The van der Waals surface area contributed by atoms with Crippen molar-refractivity contribution in [2.75, 3.05) is 34.0 Å². The van der Waals surface area contributed by atoms with Gasteiger partial charge in [0.2, 0.25) is 0 Å². The summed E-state index contributed by atoms with van der Waals surface area (Å²) in [5.41, 5.74) is 0.480. The van der Waals surface area contributed by atoms with Crippen molar-refractivity contribution in [1.82, 2.24) is 10.2 Å². The van der Waals surface area contributed by atoms with Gasteiger partial charge in [0.1, 0.15) is 12.2 Å². The zero-order valence-electron chi connectivity index (χ0n) is 15.9. The van der Waals surface area contributed by atoms with Crippen LogP contribution in [0.25, 0.3) is 6.08 Å². The molecule has 0 unspecified atom stereocenters. The molecule has 1 heterocycles. The maximum atomic E-state index is 12.4. The van der Waals surface area contributed by atoms with Crippen LogP contribution in [0.5, 0.6) is 11.5 Å². The highest BCUT2D eigenvalue weighted by atomic mass is 79.9. The Hall–Kier alpha value is -3.08. The SMILES string of the molecule is CCOC(=O)COc1c(Br)cc(C=C2NC(=O)N(CC(=O)OC)C2=O)cc1OC. The zero-order valence-corrected chi connectivity index (χ0v) is 17.5. The number of nitrogens with zero attached hydrogens (tertiary/aromatic N) is 1. The van der Waals surface area contributed by atoms with Gasteiger partial charge in [-0.15, -0.1) is 0 Å². The molecule has 29 heavy (non-hydrogen) atoms. The second-order valence-electron chi connectivity index (χ2n) is 5.58. The standard InChI is InChI=1S/C18H19BrN2O8/c1-4-28-15(23)9-29-16-11(19)5-10(7-13(16)26-2)6-12-17(24)21(18(25)20-12)8-14(22)27-3/h5-7H,4,8-9H2,1-3H3,(H,20,25). The van der Waals surface area contributed by atoms with Gasteiger partial charge >= 0.3 is 18.0 Å². The molecule has 11 heteroatoms. The highest BCUT2D eigenvalue weighted by Crippen LogP contribution is 2.37. The Morgan fingerprint density at radius 1 is 1.21 bits per heavy atom. The fourth-order valence-electron chi connectivity index (χ4n) is 2.37. The molecule has 0 radical (unpaired) electrons. The van der Waals surface area contributed by atoms with Gasteiger partial charge in [-0.2, -0.15) is 0 Å². The minimum atomic E-state index is -0.730. The number of rotatable bonds is 8. The van der Waals surface area contributed by atoms with Crippen LogP contribution in [0.2, 0.25) is 0 Å². The first-order valence-corrected chi connectivity index (χ1v) is 9.17. The Morgan fingerprint density at radius 3 is 2.55 bits per heavy atom. The van der Waals surface area contributed by atoms with E-state index in [9.17, 15) is 19.2 Å². The Balaban J connectivity index is 2.24. The maximum Gasteiger partial charge on any atom is 0.344 e. The van der Waals surface area contributed by atoms with Crippen LogP contribution >= 0.6 is 15.9 Å². The fraction of sp³-hybridized carbons (Fsp3) is 0.333. The van der Waals surface area contributed by atoms with Crippen molar-refractivity contribution in [3.63, 3.8) is 0 Å². The summed E-state index contributed by atoms with van der Waals surface area (Å²) in [6.45, 7) is 1.12. The maximum absolute atomic E-state index is 12.4. The van der Waals surface area contributed by atoms with Crippen LogP contribution < -0.4 is 14.8 Å². The first-order valence-electron chi connectivity index (χ1n) is 8.38. The van der Waals surface area contributed by atoms with Gasteiger partial charge in [0.05, 0.1) is 25.3 Å². The minimum Gasteiger partial charge on any atom is -0.493 e. The normalized spacial score (nSPS) is 14.6. The summed E-state index contributed by atoms with van der Waals surface area (Å²) in [4.78, 5) is 47.9. The molecule has 0 aliphatic carbocycles. The molecule has 0 bridgehead atoms. The van der Waals surface area contributed by atoms with Crippen LogP contribution in [0.4, 0.5) is 4.79 Å². The number of benzene rings is 1. The van der Waals surface area contributed by atoms with Gasteiger partial charge in [-0.25, -0.2) is 14.5 Å². The van der Waals surface area contributed by atoms with Crippen molar-refractivity contribution in [2.45, 2.75) is 6.92 Å². The number of ether oxygens (including phenoxy) is 4. The highest BCUT2D eigenvalue weighted by Gasteiger charge is 2.35. The van der Waals surface area contributed by atoms with Gasteiger partial charge in [0.15, 0.2) is 18.1 Å². The Morgan fingerprint density at radius 2 is 1.93 bits per heavy atom. The summed E-state index contributed by atoms with van der Waals surface area (Å²) in [5.74, 6) is -1.35. The van der Waals surface area contributed by atoms with Crippen LogP contribution in [0.1, 0.15) is 12.5 Å². The number of imide groups is 1. The Labute approximate surface area is 174 Å². The van der Waals surface area contributed by atoms with E-state index in [2.05, 4.69) is 26.0 Å². The fourth-order valence-corrected chi connectivity index (χ4v) is 2.95. The second-order valence-corrected chi connectivity index (χ2v) is 6.44. The molecule has 1 N–H and O–H groups in total. The van der Waals surface area contributed by atoms with Crippen molar-refractivity contribution in [3.05, 3.63) is 27.9 Å². The number of methoxy groups -OCH3 is 2. The molecule has 1 aromatic carbocycles. The molecule has 0 atom stereocenters. The third kappa shape index (κ3) is 5.47. The van der Waals surface area contributed by atoms with Crippen LogP contribution in [0.3, 0.4) is 0 Å². The second kappa shape index (κ2) is 9.92. The first kappa shape index (κ1) is 22.2. The Kier molecular flexibility index (Phi) is 7.59. The minimum absolute atomic E-state index is 0.0203. The number of carbonyl (C=O) groups is 4. The molecule has 1 aliphatic heterocycles. The van der Waals surface area contributed by atoms with E-state index >= 15 is 0 Å². The van der Waals surface area contributed by atoms with Crippen LogP contribution in [-0.2, 0) is 23.9 Å². The lowest BCUT2D eigenvalue weighted by Crippen LogP contribution is -2.36. The van der Waals surface area contributed by atoms with Gasteiger partial charge in [-0.3, -0.25) is 9.59 Å². The van der Waals surface area contributed by atoms with E-state index in [1.807, 2.05) is 0 Å². The summed E-state index contributed by atoms with van der Waals surface area (Å²) in [6, 6.07) is 2.44. The molecule has 10 nitrogen and oxygen atoms in total. The van der Waals surface area contributed by atoms with Gasteiger partial charge in [-0.1, -0.05) is 0 Å². The van der Waals surface area contributed by atoms with E-state index in [0.717, 1.165) is 12.0 Å². The van der Waals surface area contributed by atoms with Gasteiger partial charge in [0, 0.05) is 0 Å². The zero-order chi connectivity index (χ0) is 21.6. The molecule has 0 spiro atoms. The van der Waals surface area contributed by atoms with E-state index in [0.29, 0.717) is 15.8 Å². The van der Waals surface area contributed by atoms with Crippen molar-refractivity contribution in [1.29, 1.82) is 0 Å². The van der Waals surface area contributed by atoms with Crippen LogP contribution in [0.15, 0.2) is 22.3 Å². The monoisotopic (exact) mass is 470 g/mol. The molecule has 0 aromatic heterocycles. The number of hydrogen-bond donors (Lipinski definition) is 1. The van der Waals surface area contributed by atoms with E-state index in [4.69, 9.17) is 14.2 Å². The van der Waals surface area contributed by atoms with Gasteiger partial charge in [0.25, 0.3) is 5.91 Å². The Bertz CT molecular complexity index is 868. The summed E-state index contributed by atoms with van der Waals surface area (Å²) in [6.07, 6.45) is 1.42. The number of hydrogen-bond acceptors (Lipinski definition) is 8. The summed E-state index contributed by atoms with van der Waals surface area (Å²) in [5, 5.41) is 2.40. The van der Waals surface area contributed by atoms with Gasteiger partial charge in [-0.05, 0) is 46.6 Å². The summed E-state index contributed by atoms with van der Waals surface area (Å²) >= 11 is 3.33. The molecule has 1 fully saturated rings. The van der Waals surface area contributed by atoms with Crippen molar-refractivity contribution in [3.8, 4) is 11.5 Å². The molecule has 1 saturated heterocycles. The summed E-state index contributed by atoms with van der Waals surface area (Å²) < 4.78 is 20.5. The molecule has 3 amide bonds. The third-order valence-corrected chi connectivity index (χ3v) is 4.27. The number of carbonyl (C=O) groups excluding carboxylic acids is 4. The quantitative estimate of drug-likeness (QED) is 0.344.